The highest BCUT2D eigenvalue weighted by Gasteiger charge is 2.31. The van der Waals surface area contributed by atoms with Crippen molar-refractivity contribution in [1.29, 1.82) is 0 Å². The summed E-state index contributed by atoms with van der Waals surface area (Å²) in [5, 5.41) is 6.81. The van der Waals surface area contributed by atoms with Crippen LogP contribution in [0.25, 0.3) is 0 Å². The van der Waals surface area contributed by atoms with Crippen LogP contribution >= 0.6 is 24.0 Å². The minimum absolute atomic E-state index is 0. The van der Waals surface area contributed by atoms with Crippen molar-refractivity contribution in [2.45, 2.75) is 71.8 Å². The first-order valence-electron chi connectivity index (χ1n) is 11.0. The highest BCUT2D eigenvalue weighted by molar-refractivity contribution is 14.0. The number of rotatable bonds is 9. The van der Waals surface area contributed by atoms with E-state index in [1.165, 1.54) is 19.3 Å². The van der Waals surface area contributed by atoms with Crippen LogP contribution in [0.1, 0.15) is 65.7 Å². The first-order valence-corrected chi connectivity index (χ1v) is 11.0. The summed E-state index contributed by atoms with van der Waals surface area (Å²) >= 11 is 0. The first-order chi connectivity index (χ1) is 13.1. The molecule has 1 heterocycles. The summed E-state index contributed by atoms with van der Waals surface area (Å²) in [5.41, 5.74) is 0. The van der Waals surface area contributed by atoms with Gasteiger partial charge in [-0.05, 0) is 38.5 Å². The highest BCUT2D eigenvalue weighted by atomic mass is 127. The number of halogens is 1. The number of carbonyl (C=O) groups excluding carboxylic acids is 1. The molecule has 2 rings (SSSR count). The van der Waals surface area contributed by atoms with E-state index in [4.69, 9.17) is 4.74 Å². The maximum Gasteiger partial charge on any atom is 0.225 e. The average Bonchev–Trinajstić information content (AvgIpc) is 3.13. The molecule has 7 heteroatoms. The van der Waals surface area contributed by atoms with Gasteiger partial charge in [-0.15, -0.1) is 24.0 Å². The summed E-state index contributed by atoms with van der Waals surface area (Å²) < 4.78 is 5.64. The average molecular weight is 508 g/mol. The second-order valence-corrected chi connectivity index (χ2v) is 8.30. The lowest BCUT2D eigenvalue weighted by molar-refractivity contribution is -0.135. The van der Waals surface area contributed by atoms with Crippen LogP contribution in [0, 0.1) is 11.8 Å². The van der Waals surface area contributed by atoms with Gasteiger partial charge in [0.2, 0.25) is 5.91 Å². The van der Waals surface area contributed by atoms with Crippen molar-refractivity contribution in [2.75, 3.05) is 39.4 Å². The molecule has 164 valence electrons. The maximum absolute atomic E-state index is 12.7. The fourth-order valence-electron chi connectivity index (χ4n) is 3.84. The number of amides is 1. The fourth-order valence-corrected chi connectivity index (χ4v) is 3.84. The lowest BCUT2D eigenvalue weighted by Crippen LogP contribution is -2.45. The standard InChI is InChI=1S/C21H40N4O2.HI/c1-4-22-21(23-12-15-27-14-11-17(2)3)24-19-10-13-25(16-19)20(26)18-8-6-5-7-9-18;/h17-19H,4-16H2,1-3H3,(H2,22,23,24);1H. The molecule has 0 aromatic heterocycles. The topological polar surface area (TPSA) is 66.0 Å². The number of nitrogens with zero attached hydrogens (tertiary/aromatic N) is 2. The molecule has 6 nitrogen and oxygen atoms in total. The zero-order valence-electron chi connectivity index (χ0n) is 18.0. The molecular formula is C21H41IN4O2. The van der Waals surface area contributed by atoms with Crippen molar-refractivity contribution in [3.8, 4) is 0 Å². The third kappa shape index (κ3) is 9.29. The van der Waals surface area contributed by atoms with E-state index in [9.17, 15) is 4.79 Å². The Hall–Kier alpha value is -0.570. The number of hydrogen-bond acceptors (Lipinski definition) is 3. The molecule has 2 N–H and O–H groups in total. The van der Waals surface area contributed by atoms with E-state index in [0.717, 1.165) is 57.9 Å². The molecule has 1 unspecified atom stereocenters. The van der Waals surface area contributed by atoms with E-state index >= 15 is 0 Å². The van der Waals surface area contributed by atoms with Crippen LogP contribution in [0.4, 0.5) is 0 Å². The van der Waals surface area contributed by atoms with Gasteiger partial charge in [0.05, 0.1) is 13.2 Å². The number of nitrogens with one attached hydrogen (secondary N) is 2. The number of carbonyl (C=O) groups is 1. The van der Waals surface area contributed by atoms with Gasteiger partial charge in [0.15, 0.2) is 5.96 Å². The zero-order chi connectivity index (χ0) is 19.5. The van der Waals surface area contributed by atoms with Crippen molar-refractivity contribution in [2.24, 2.45) is 16.8 Å². The van der Waals surface area contributed by atoms with Crippen molar-refractivity contribution < 1.29 is 9.53 Å². The van der Waals surface area contributed by atoms with Gasteiger partial charge in [-0.3, -0.25) is 9.79 Å². The number of guanidine groups is 1. The minimum Gasteiger partial charge on any atom is -0.380 e. The van der Waals surface area contributed by atoms with Crippen molar-refractivity contribution in [1.82, 2.24) is 15.5 Å². The van der Waals surface area contributed by atoms with Gasteiger partial charge < -0.3 is 20.3 Å². The van der Waals surface area contributed by atoms with Crippen molar-refractivity contribution in [3.05, 3.63) is 0 Å². The number of ether oxygens (including phenoxy) is 1. The van der Waals surface area contributed by atoms with Crippen LogP contribution in [0.3, 0.4) is 0 Å². The Kier molecular flexibility index (Phi) is 13.1. The smallest absolute Gasteiger partial charge is 0.225 e. The summed E-state index contributed by atoms with van der Waals surface area (Å²) in [7, 11) is 0. The molecule has 0 radical (unpaired) electrons. The van der Waals surface area contributed by atoms with Crippen LogP contribution in [-0.2, 0) is 9.53 Å². The van der Waals surface area contributed by atoms with Gasteiger partial charge in [0.25, 0.3) is 0 Å². The Morgan fingerprint density at radius 1 is 1.18 bits per heavy atom. The van der Waals surface area contributed by atoms with E-state index in [1.54, 1.807) is 0 Å². The van der Waals surface area contributed by atoms with Crippen molar-refractivity contribution in [3.63, 3.8) is 0 Å². The lowest BCUT2D eigenvalue weighted by atomic mass is 9.88. The second-order valence-electron chi connectivity index (χ2n) is 8.30. The molecule has 1 saturated heterocycles. The molecule has 0 aromatic rings. The molecule has 1 atom stereocenters. The lowest BCUT2D eigenvalue weighted by Gasteiger charge is -2.26. The molecule has 1 aliphatic carbocycles. The van der Waals surface area contributed by atoms with Gasteiger partial charge in [-0.25, -0.2) is 0 Å². The maximum atomic E-state index is 12.7. The van der Waals surface area contributed by atoms with Gasteiger partial charge in [0, 0.05) is 38.2 Å². The molecule has 1 saturated carbocycles. The molecule has 2 aliphatic rings. The largest absolute Gasteiger partial charge is 0.380 e. The van der Waals surface area contributed by atoms with Crippen LogP contribution in [0.5, 0.6) is 0 Å². The number of hydrogen-bond donors (Lipinski definition) is 2. The third-order valence-corrected chi connectivity index (χ3v) is 5.48. The SMILES string of the molecule is CCNC(=NCCOCCC(C)C)NC1CCN(C(=O)C2CCCCC2)C1.I. The molecular weight excluding hydrogens is 467 g/mol. The van der Waals surface area contributed by atoms with E-state index in [0.29, 0.717) is 25.0 Å². The van der Waals surface area contributed by atoms with Crippen LogP contribution in [0.15, 0.2) is 4.99 Å². The van der Waals surface area contributed by atoms with E-state index in [-0.39, 0.29) is 35.9 Å². The van der Waals surface area contributed by atoms with Gasteiger partial charge in [-0.2, -0.15) is 0 Å². The normalized spacial score (nSPS) is 20.9. The van der Waals surface area contributed by atoms with Crippen LogP contribution < -0.4 is 10.6 Å². The molecule has 28 heavy (non-hydrogen) atoms. The summed E-state index contributed by atoms with van der Waals surface area (Å²) in [6, 6.07) is 0.289. The molecule has 0 spiro atoms. The molecule has 0 bridgehead atoms. The number of aliphatic imine (C=N–C) groups is 1. The summed E-state index contributed by atoms with van der Waals surface area (Å²) in [5.74, 6) is 2.15. The van der Waals surface area contributed by atoms with E-state index in [2.05, 4.69) is 41.3 Å². The molecule has 1 aliphatic heterocycles. The second kappa shape index (κ2) is 14.4. The third-order valence-electron chi connectivity index (χ3n) is 5.48. The van der Waals surface area contributed by atoms with Gasteiger partial charge >= 0.3 is 0 Å². The summed E-state index contributed by atoms with van der Waals surface area (Å²) in [6.07, 6.45) is 7.95. The predicted molar refractivity (Wildman–Crippen MR) is 126 cm³/mol. The Balaban J connectivity index is 0.00000392. The Labute approximate surface area is 188 Å². The number of likely N-dealkylation sites (tertiary alicyclic amines) is 1. The monoisotopic (exact) mass is 508 g/mol. The van der Waals surface area contributed by atoms with E-state index < -0.39 is 0 Å². The van der Waals surface area contributed by atoms with Crippen molar-refractivity contribution >= 4 is 35.8 Å². The fraction of sp³-hybridized carbons (Fsp3) is 0.905. The highest BCUT2D eigenvalue weighted by Crippen LogP contribution is 2.26. The van der Waals surface area contributed by atoms with Gasteiger partial charge in [0.1, 0.15) is 0 Å². The molecule has 0 aromatic carbocycles. The predicted octanol–water partition coefficient (Wildman–Crippen LogP) is 3.40. The minimum atomic E-state index is 0. The Morgan fingerprint density at radius 2 is 1.93 bits per heavy atom. The van der Waals surface area contributed by atoms with Gasteiger partial charge in [-0.1, -0.05) is 33.1 Å². The zero-order valence-corrected chi connectivity index (χ0v) is 20.4. The molecule has 1 amide bonds. The van der Waals surface area contributed by atoms with Crippen LogP contribution in [-0.4, -0.2) is 62.2 Å². The quantitative estimate of drug-likeness (QED) is 0.217. The molecule has 2 fully saturated rings. The van der Waals surface area contributed by atoms with Crippen LogP contribution in [0.2, 0.25) is 0 Å². The Morgan fingerprint density at radius 3 is 2.61 bits per heavy atom. The summed E-state index contributed by atoms with van der Waals surface area (Å²) in [6.45, 7) is 11.1. The van der Waals surface area contributed by atoms with E-state index in [1.807, 2.05) is 0 Å². The Bertz CT molecular complexity index is 467. The summed E-state index contributed by atoms with van der Waals surface area (Å²) in [4.78, 5) is 19.4. The first kappa shape index (κ1) is 25.5.